The molecule has 0 aromatic heterocycles. The molecular formula is C9H8Cl2O2. The standard InChI is InChI=1S/C9H8Cl2O2/c1-3-6(8(10)12)5-7(4-2)9(11)13/h3-5H,1H2,2H3/b6-5+,7-4+. The third-order valence-electron chi connectivity index (χ3n) is 1.30. The van der Waals surface area contributed by atoms with Crippen LogP contribution in [0, 0.1) is 0 Å². The number of hydrogen-bond acceptors (Lipinski definition) is 2. The first-order valence-corrected chi connectivity index (χ1v) is 4.18. The lowest BCUT2D eigenvalue weighted by molar-refractivity contribution is -0.108. The van der Waals surface area contributed by atoms with Crippen molar-refractivity contribution in [2.24, 2.45) is 0 Å². The van der Waals surface area contributed by atoms with Gasteiger partial charge in [0.1, 0.15) is 0 Å². The van der Waals surface area contributed by atoms with E-state index in [9.17, 15) is 9.59 Å². The first-order chi connectivity index (χ1) is 6.02. The molecule has 0 fully saturated rings. The van der Waals surface area contributed by atoms with Crippen molar-refractivity contribution in [2.75, 3.05) is 0 Å². The molecule has 0 saturated heterocycles. The van der Waals surface area contributed by atoms with Gasteiger partial charge in [0.25, 0.3) is 10.5 Å². The van der Waals surface area contributed by atoms with Gasteiger partial charge in [-0.1, -0.05) is 18.7 Å². The molecule has 0 aliphatic rings. The maximum atomic E-state index is 10.7. The first-order valence-electron chi connectivity index (χ1n) is 3.43. The summed E-state index contributed by atoms with van der Waals surface area (Å²) >= 11 is 10.4. The van der Waals surface area contributed by atoms with Crippen molar-refractivity contribution in [2.45, 2.75) is 6.92 Å². The van der Waals surface area contributed by atoms with Crippen molar-refractivity contribution in [3.8, 4) is 0 Å². The number of allylic oxidation sites excluding steroid dienone is 5. The van der Waals surface area contributed by atoms with Crippen molar-refractivity contribution in [3.05, 3.63) is 36.0 Å². The molecule has 0 aliphatic carbocycles. The molecule has 2 nitrogen and oxygen atoms in total. The molecule has 0 rings (SSSR count). The quantitative estimate of drug-likeness (QED) is 0.413. The normalized spacial score (nSPS) is 12.5. The predicted octanol–water partition coefficient (Wildman–Crippen LogP) is 2.58. The molecule has 0 amide bonds. The topological polar surface area (TPSA) is 34.1 Å². The van der Waals surface area contributed by atoms with E-state index in [4.69, 9.17) is 23.2 Å². The van der Waals surface area contributed by atoms with Crippen molar-refractivity contribution < 1.29 is 9.59 Å². The zero-order chi connectivity index (χ0) is 10.4. The molecule has 4 heteroatoms. The Morgan fingerprint density at radius 3 is 1.85 bits per heavy atom. The lowest BCUT2D eigenvalue weighted by Crippen LogP contribution is -1.95. The van der Waals surface area contributed by atoms with E-state index in [1.165, 1.54) is 18.2 Å². The molecule has 0 atom stereocenters. The van der Waals surface area contributed by atoms with Crippen LogP contribution in [-0.4, -0.2) is 10.5 Å². The molecule has 0 spiro atoms. The van der Waals surface area contributed by atoms with Crippen molar-refractivity contribution in [1.82, 2.24) is 0 Å². The van der Waals surface area contributed by atoms with Crippen LogP contribution in [0.3, 0.4) is 0 Å². The van der Waals surface area contributed by atoms with E-state index in [-0.39, 0.29) is 11.1 Å². The summed E-state index contributed by atoms with van der Waals surface area (Å²) in [5, 5.41) is -1.31. The van der Waals surface area contributed by atoms with E-state index >= 15 is 0 Å². The molecule has 0 unspecified atom stereocenters. The number of rotatable bonds is 4. The Balaban J connectivity index is 4.98. The summed E-state index contributed by atoms with van der Waals surface area (Å²) in [5.41, 5.74) is 0.356. The summed E-state index contributed by atoms with van der Waals surface area (Å²) in [6, 6.07) is 0. The minimum Gasteiger partial charge on any atom is -0.276 e. The number of carbonyl (C=O) groups excluding carboxylic acids is 2. The zero-order valence-electron chi connectivity index (χ0n) is 7.01. The Morgan fingerprint density at radius 1 is 1.15 bits per heavy atom. The summed E-state index contributed by atoms with van der Waals surface area (Å²) in [6.07, 6.45) is 4.04. The van der Waals surface area contributed by atoms with Crippen LogP contribution >= 0.6 is 23.2 Å². The van der Waals surface area contributed by atoms with E-state index in [2.05, 4.69) is 6.58 Å². The molecule has 0 saturated carbocycles. The largest absolute Gasteiger partial charge is 0.276 e. The number of hydrogen-bond donors (Lipinski definition) is 0. The summed E-state index contributed by atoms with van der Waals surface area (Å²) in [6.45, 7) is 5.00. The van der Waals surface area contributed by atoms with Gasteiger partial charge in [-0.25, -0.2) is 0 Å². The smallest absolute Gasteiger partial charge is 0.252 e. The minimum atomic E-state index is -0.674. The highest BCUT2D eigenvalue weighted by molar-refractivity contribution is 6.69. The van der Waals surface area contributed by atoms with Crippen LogP contribution in [0.25, 0.3) is 0 Å². The minimum absolute atomic E-state index is 0.142. The maximum Gasteiger partial charge on any atom is 0.252 e. The molecule has 0 aromatic carbocycles. The fraction of sp³-hybridized carbons (Fsp3) is 0.111. The molecular weight excluding hydrogens is 211 g/mol. The Bertz CT molecular complexity index is 301. The number of carbonyl (C=O) groups is 2. The van der Waals surface area contributed by atoms with E-state index < -0.39 is 10.5 Å². The van der Waals surface area contributed by atoms with Crippen LogP contribution in [-0.2, 0) is 9.59 Å². The van der Waals surface area contributed by atoms with Gasteiger partial charge in [0.05, 0.1) is 0 Å². The molecule has 70 valence electrons. The van der Waals surface area contributed by atoms with E-state index in [1.54, 1.807) is 6.92 Å². The SMILES string of the molecule is C=C/C(=C\C(=C/C)C(=O)Cl)C(=O)Cl. The summed E-state index contributed by atoms with van der Waals surface area (Å²) in [7, 11) is 0. The van der Waals surface area contributed by atoms with Crippen LogP contribution in [0.1, 0.15) is 6.92 Å². The van der Waals surface area contributed by atoms with Gasteiger partial charge in [0.2, 0.25) is 0 Å². The maximum absolute atomic E-state index is 10.7. The summed E-state index contributed by atoms with van der Waals surface area (Å²) < 4.78 is 0. The van der Waals surface area contributed by atoms with E-state index in [0.29, 0.717) is 0 Å². The van der Waals surface area contributed by atoms with E-state index in [1.807, 2.05) is 0 Å². The van der Waals surface area contributed by atoms with Gasteiger partial charge < -0.3 is 0 Å². The van der Waals surface area contributed by atoms with Gasteiger partial charge in [-0.05, 0) is 36.2 Å². The molecule has 0 aliphatic heterocycles. The fourth-order valence-electron chi connectivity index (χ4n) is 0.617. The highest BCUT2D eigenvalue weighted by atomic mass is 35.5. The molecule has 0 heterocycles. The lowest BCUT2D eigenvalue weighted by Gasteiger charge is -1.95. The predicted molar refractivity (Wildman–Crippen MR) is 53.8 cm³/mol. The Labute approximate surface area is 86.5 Å². The van der Waals surface area contributed by atoms with Gasteiger partial charge >= 0.3 is 0 Å². The molecule has 0 N–H and O–H groups in total. The average Bonchev–Trinajstić information content (AvgIpc) is 2.05. The summed E-state index contributed by atoms with van der Waals surface area (Å²) in [4.78, 5) is 21.4. The van der Waals surface area contributed by atoms with Crippen molar-refractivity contribution in [1.29, 1.82) is 0 Å². The second-order valence-electron chi connectivity index (χ2n) is 2.10. The second-order valence-corrected chi connectivity index (χ2v) is 2.78. The van der Waals surface area contributed by atoms with Crippen LogP contribution in [0.2, 0.25) is 0 Å². The van der Waals surface area contributed by atoms with Gasteiger partial charge in [0, 0.05) is 11.1 Å². The van der Waals surface area contributed by atoms with Crippen molar-refractivity contribution in [3.63, 3.8) is 0 Å². The molecule has 0 radical (unpaired) electrons. The Morgan fingerprint density at radius 2 is 1.62 bits per heavy atom. The highest BCUT2D eigenvalue weighted by Gasteiger charge is 2.06. The Hall–Kier alpha value is -0.860. The third-order valence-corrected chi connectivity index (χ3v) is 1.73. The lowest BCUT2D eigenvalue weighted by atomic mass is 10.2. The number of halogens is 2. The Kier molecular flexibility index (Phi) is 5.35. The second kappa shape index (κ2) is 5.73. The van der Waals surface area contributed by atoms with Crippen molar-refractivity contribution >= 4 is 33.7 Å². The molecule has 0 bridgehead atoms. The molecule has 13 heavy (non-hydrogen) atoms. The monoisotopic (exact) mass is 218 g/mol. The van der Waals surface area contributed by atoms with Crippen LogP contribution < -0.4 is 0 Å². The third kappa shape index (κ3) is 4.06. The first kappa shape index (κ1) is 12.1. The fourth-order valence-corrected chi connectivity index (χ4v) is 0.912. The van der Waals surface area contributed by atoms with E-state index in [0.717, 1.165) is 0 Å². The molecule has 0 aromatic rings. The van der Waals surface area contributed by atoms with Crippen LogP contribution in [0.4, 0.5) is 0 Å². The van der Waals surface area contributed by atoms with Gasteiger partial charge in [-0.15, -0.1) is 0 Å². The van der Waals surface area contributed by atoms with Crippen LogP contribution in [0.15, 0.2) is 36.0 Å². The average molecular weight is 219 g/mol. The highest BCUT2D eigenvalue weighted by Crippen LogP contribution is 2.09. The van der Waals surface area contributed by atoms with Gasteiger partial charge in [-0.2, -0.15) is 0 Å². The van der Waals surface area contributed by atoms with Gasteiger partial charge in [-0.3, -0.25) is 9.59 Å². The van der Waals surface area contributed by atoms with Gasteiger partial charge in [0.15, 0.2) is 0 Å². The summed E-state index contributed by atoms with van der Waals surface area (Å²) in [5.74, 6) is 0. The zero-order valence-corrected chi connectivity index (χ0v) is 8.52. The van der Waals surface area contributed by atoms with Crippen LogP contribution in [0.5, 0.6) is 0 Å².